The summed E-state index contributed by atoms with van der Waals surface area (Å²) in [7, 11) is 0. The smallest absolute Gasteiger partial charge is 0.133 e. The van der Waals surface area contributed by atoms with Gasteiger partial charge in [-0.3, -0.25) is 0 Å². The molecule has 2 fully saturated rings. The summed E-state index contributed by atoms with van der Waals surface area (Å²) in [6.07, 6.45) is 2.99. The van der Waals surface area contributed by atoms with Crippen molar-refractivity contribution in [2.45, 2.75) is 18.3 Å². The minimum absolute atomic E-state index is 0.332. The van der Waals surface area contributed by atoms with Crippen molar-refractivity contribution in [3.05, 3.63) is 84.1 Å². The molecule has 6 rings (SSSR count). The largest absolute Gasteiger partial charge is 0.464 e. The maximum Gasteiger partial charge on any atom is 0.133 e. The van der Waals surface area contributed by atoms with E-state index in [9.17, 15) is 0 Å². The summed E-state index contributed by atoms with van der Waals surface area (Å²) in [5, 5.41) is 3.84. The van der Waals surface area contributed by atoms with Crippen LogP contribution >= 0.6 is 0 Å². The Labute approximate surface area is 152 Å². The van der Waals surface area contributed by atoms with E-state index in [-0.39, 0.29) is 0 Å². The van der Waals surface area contributed by atoms with Crippen LogP contribution in [0.1, 0.15) is 29.4 Å². The number of fused-ring (bicyclic) bond motifs is 2. The van der Waals surface area contributed by atoms with Gasteiger partial charge in [0.05, 0.1) is 19.5 Å². The van der Waals surface area contributed by atoms with Crippen molar-refractivity contribution < 1.29 is 9.15 Å². The zero-order chi connectivity index (χ0) is 17.1. The Bertz CT molecular complexity index is 1120. The maximum atomic E-state index is 5.65. The molecule has 1 saturated heterocycles. The van der Waals surface area contributed by atoms with Crippen LogP contribution in [0.15, 0.2) is 77.4 Å². The molecule has 0 bridgehead atoms. The van der Waals surface area contributed by atoms with Gasteiger partial charge in [0.25, 0.3) is 0 Å². The highest BCUT2D eigenvalue weighted by Gasteiger charge is 2.58. The van der Waals surface area contributed by atoms with Crippen molar-refractivity contribution in [2.75, 3.05) is 13.2 Å². The van der Waals surface area contributed by atoms with E-state index < -0.39 is 0 Å². The normalized spacial score (nSPS) is 23.8. The quantitative estimate of drug-likeness (QED) is 0.455. The van der Waals surface area contributed by atoms with Gasteiger partial charge in [-0.2, -0.15) is 0 Å². The van der Waals surface area contributed by atoms with Gasteiger partial charge < -0.3 is 9.15 Å². The number of hydrogen-bond acceptors (Lipinski definition) is 2. The molecule has 4 aromatic rings. The molecule has 2 unspecified atom stereocenters. The summed E-state index contributed by atoms with van der Waals surface area (Å²) in [6, 6.07) is 24.4. The van der Waals surface area contributed by atoms with Gasteiger partial charge in [-0.1, -0.05) is 48.5 Å². The van der Waals surface area contributed by atoms with Crippen LogP contribution in [0.3, 0.4) is 0 Å². The van der Waals surface area contributed by atoms with E-state index in [2.05, 4.69) is 66.7 Å². The first-order valence-electron chi connectivity index (χ1n) is 9.36. The molecule has 128 valence electrons. The summed E-state index contributed by atoms with van der Waals surface area (Å²) in [4.78, 5) is 0. The van der Waals surface area contributed by atoms with E-state index in [0.717, 1.165) is 18.8 Å². The number of hydrogen-bond donors (Lipinski definition) is 0. The summed E-state index contributed by atoms with van der Waals surface area (Å²) in [5.41, 5.74) is 4.18. The molecule has 0 N–H and O–H groups in total. The molecule has 2 heterocycles. The molecule has 1 spiro atoms. The lowest BCUT2D eigenvalue weighted by molar-refractivity contribution is -0.180. The van der Waals surface area contributed by atoms with Crippen LogP contribution in [-0.4, -0.2) is 13.2 Å². The molecular formula is C24H20O2. The fraction of sp³-hybridized carbons (Fsp3) is 0.250. The topological polar surface area (TPSA) is 22.4 Å². The lowest BCUT2D eigenvalue weighted by atomic mass is 9.49. The van der Waals surface area contributed by atoms with Crippen LogP contribution in [0, 0.1) is 5.41 Å². The molecule has 0 radical (unpaired) electrons. The Morgan fingerprint density at radius 1 is 0.769 bits per heavy atom. The van der Waals surface area contributed by atoms with Crippen molar-refractivity contribution in [2.24, 2.45) is 5.41 Å². The summed E-state index contributed by atoms with van der Waals surface area (Å²) in [6.45, 7) is 1.80. The van der Waals surface area contributed by atoms with E-state index in [1.54, 1.807) is 6.26 Å². The first kappa shape index (κ1) is 14.6. The van der Waals surface area contributed by atoms with Crippen molar-refractivity contribution in [1.82, 2.24) is 0 Å². The zero-order valence-electron chi connectivity index (χ0n) is 14.5. The van der Waals surface area contributed by atoms with Crippen molar-refractivity contribution >= 4 is 21.7 Å². The lowest BCUT2D eigenvalue weighted by Crippen LogP contribution is -2.57. The van der Waals surface area contributed by atoms with E-state index in [1.165, 1.54) is 33.7 Å². The fourth-order valence-electron chi connectivity index (χ4n) is 5.12. The molecule has 1 aliphatic carbocycles. The van der Waals surface area contributed by atoms with Gasteiger partial charge in [-0.15, -0.1) is 0 Å². The molecule has 26 heavy (non-hydrogen) atoms. The van der Waals surface area contributed by atoms with Crippen LogP contribution in [0.5, 0.6) is 0 Å². The maximum absolute atomic E-state index is 5.65. The Balaban J connectivity index is 1.45. The highest BCUT2D eigenvalue weighted by Crippen LogP contribution is 2.64. The van der Waals surface area contributed by atoms with E-state index >= 15 is 0 Å². The van der Waals surface area contributed by atoms with Crippen LogP contribution in [-0.2, 0) is 4.74 Å². The average molecular weight is 340 g/mol. The third-order valence-electron chi connectivity index (χ3n) is 6.50. The average Bonchev–Trinajstić information content (AvgIpc) is 3.07. The molecule has 2 atom stereocenters. The second-order valence-electron chi connectivity index (χ2n) is 7.97. The van der Waals surface area contributed by atoms with Crippen LogP contribution in [0.2, 0.25) is 0 Å². The number of rotatable bonds is 2. The summed E-state index contributed by atoms with van der Waals surface area (Å²) >= 11 is 0. The van der Waals surface area contributed by atoms with Crippen molar-refractivity contribution in [3.8, 4) is 0 Å². The van der Waals surface area contributed by atoms with Crippen LogP contribution in [0.4, 0.5) is 0 Å². The second kappa shape index (κ2) is 5.21. The third-order valence-corrected chi connectivity index (χ3v) is 6.50. The molecule has 2 nitrogen and oxygen atoms in total. The highest BCUT2D eigenvalue weighted by molar-refractivity contribution is 5.83. The van der Waals surface area contributed by atoms with Gasteiger partial charge >= 0.3 is 0 Å². The van der Waals surface area contributed by atoms with Gasteiger partial charge in [0.1, 0.15) is 5.58 Å². The van der Waals surface area contributed by atoms with Gasteiger partial charge in [0, 0.05) is 16.7 Å². The van der Waals surface area contributed by atoms with E-state index in [0.29, 0.717) is 17.3 Å². The van der Waals surface area contributed by atoms with Crippen molar-refractivity contribution in [3.63, 3.8) is 0 Å². The fourth-order valence-corrected chi connectivity index (χ4v) is 5.12. The molecule has 1 aromatic heterocycles. The predicted octanol–water partition coefficient (Wildman–Crippen LogP) is 5.87. The molecular weight excluding hydrogens is 320 g/mol. The zero-order valence-corrected chi connectivity index (χ0v) is 14.5. The van der Waals surface area contributed by atoms with Gasteiger partial charge in [0.2, 0.25) is 0 Å². The van der Waals surface area contributed by atoms with Gasteiger partial charge in [0.15, 0.2) is 0 Å². The van der Waals surface area contributed by atoms with E-state index in [1.807, 2.05) is 0 Å². The number of ether oxygens (including phenoxy) is 1. The minimum atomic E-state index is 0.332. The first-order chi connectivity index (χ1) is 12.8. The molecule has 2 aliphatic rings. The number of furan rings is 1. The molecule has 0 amide bonds. The summed E-state index contributed by atoms with van der Waals surface area (Å²) < 4.78 is 11.2. The Hall–Kier alpha value is -2.58. The molecule has 3 aromatic carbocycles. The molecule has 1 saturated carbocycles. The lowest BCUT2D eigenvalue weighted by Gasteiger charge is -2.60. The highest BCUT2D eigenvalue weighted by atomic mass is 16.5. The first-order valence-corrected chi connectivity index (χ1v) is 9.36. The molecule has 2 heteroatoms. The second-order valence-corrected chi connectivity index (χ2v) is 7.97. The van der Waals surface area contributed by atoms with Crippen LogP contribution in [0.25, 0.3) is 21.7 Å². The number of benzene rings is 3. The monoisotopic (exact) mass is 340 g/mol. The minimum Gasteiger partial charge on any atom is -0.464 e. The Morgan fingerprint density at radius 3 is 2.42 bits per heavy atom. The molecule has 1 aliphatic heterocycles. The van der Waals surface area contributed by atoms with Crippen LogP contribution < -0.4 is 0 Å². The summed E-state index contributed by atoms with van der Waals surface area (Å²) in [5.74, 6) is 1.09. The van der Waals surface area contributed by atoms with Gasteiger partial charge in [-0.25, -0.2) is 0 Å². The predicted molar refractivity (Wildman–Crippen MR) is 104 cm³/mol. The van der Waals surface area contributed by atoms with Crippen molar-refractivity contribution in [1.29, 1.82) is 0 Å². The third kappa shape index (κ3) is 1.96. The van der Waals surface area contributed by atoms with E-state index in [4.69, 9.17) is 9.15 Å². The Kier molecular flexibility index (Phi) is 2.92. The Morgan fingerprint density at radius 2 is 1.58 bits per heavy atom. The SMILES string of the molecule is c1ccc2cc(C3C(c4ccc5occc5c4)CC34COC4)ccc2c1. The van der Waals surface area contributed by atoms with Gasteiger partial charge in [-0.05, 0) is 52.4 Å². The standard InChI is InChI=1S/C24H20O2/c1-2-4-17-11-20(6-5-16(17)3-1)23-21(13-24(23)14-25-15-24)18-7-8-22-19(12-18)9-10-26-22/h1-12,21,23H,13-15H2.